The molecule has 2 heterocycles. The highest BCUT2D eigenvalue weighted by atomic mass is 35.5. The molecule has 6 nitrogen and oxygen atoms in total. The molecule has 0 radical (unpaired) electrons. The minimum Gasteiger partial charge on any atom is -0.455 e. The Labute approximate surface area is 171 Å². The summed E-state index contributed by atoms with van der Waals surface area (Å²) in [5.74, 6) is 1.90. The first-order valence-electron chi connectivity index (χ1n) is 8.04. The summed E-state index contributed by atoms with van der Waals surface area (Å²) in [4.78, 5) is 16.7. The molecule has 2 aromatic heterocycles. The van der Waals surface area contributed by atoms with Gasteiger partial charge in [-0.25, -0.2) is 4.98 Å². The largest absolute Gasteiger partial charge is 0.455 e. The molecule has 1 unspecified atom stereocenters. The predicted octanol–water partition coefficient (Wildman–Crippen LogP) is 3.64. The molecule has 0 bridgehead atoms. The van der Waals surface area contributed by atoms with Crippen LogP contribution in [-0.4, -0.2) is 27.5 Å². The molecule has 0 saturated carbocycles. The molecule has 0 aliphatic heterocycles. The van der Waals surface area contributed by atoms with Gasteiger partial charge in [0.05, 0.1) is 11.3 Å². The number of hydrogen-bond acceptors (Lipinski definition) is 5. The third-order valence-electron chi connectivity index (χ3n) is 3.73. The van der Waals surface area contributed by atoms with Crippen LogP contribution in [0.5, 0.6) is 0 Å². The average molecular weight is 423 g/mol. The first-order valence-corrected chi connectivity index (χ1v) is 9.03. The Morgan fingerprint density at radius 3 is 2.65 bits per heavy atom. The topological polar surface area (TPSA) is 86.1 Å². The molecule has 2 aromatic rings. The lowest BCUT2D eigenvalue weighted by atomic mass is 9.90. The smallest absolute Gasteiger partial charge is 0.287 e. The zero-order valence-corrected chi connectivity index (χ0v) is 18.0. The highest BCUT2D eigenvalue weighted by molar-refractivity contribution is 7.98. The number of thioether (sulfide) groups is 1. The van der Waals surface area contributed by atoms with Gasteiger partial charge in [0.25, 0.3) is 5.91 Å². The van der Waals surface area contributed by atoms with Crippen LogP contribution in [0.15, 0.2) is 34.1 Å². The molecule has 0 fully saturated rings. The van der Waals surface area contributed by atoms with E-state index in [2.05, 4.69) is 24.1 Å². The number of rotatable bonds is 8. The van der Waals surface area contributed by atoms with Gasteiger partial charge in [0.2, 0.25) is 0 Å². The van der Waals surface area contributed by atoms with Crippen molar-refractivity contribution in [2.24, 2.45) is 18.7 Å². The number of nitrogens with one attached hydrogen (secondary N) is 1. The Morgan fingerprint density at radius 1 is 1.42 bits per heavy atom. The molecule has 0 saturated heterocycles. The number of imidazole rings is 1. The van der Waals surface area contributed by atoms with Gasteiger partial charge in [-0.1, -0.05) is 25.6 Å². The molecule has 148 valence electrons. The van der Waals surface area contributed by atoms with E-state index in [1.54, 1.807) is 24.0 Å². The van der Waals surface area contributed by atoms with Gasteiger partial charge in [-0.2, -0.15) is 0 Å². The maximum Gasteiger partial charge on any atom is 0.287 e. The maximum absolute atomic E-state index is 12.4. The van der Waals surface area contributed by atoms with Gasteiger partial charge in [-0.15, -0.1) is 24.8 Å². The second-order valence-corrected chi connectivity index (χ2v) is 7.63. The van der Waals surface area contributed by atoms with E-state index in [9.17, 15) is 4.79 Å². The quantitative estimate of drug-likeness (QED) is 0.633. The first-order chi connectivity index (χ1) is 11.3. The van der Waals surface area contributed by atoms with Crippen LogP contribution in [0.1, 0.15) is 43.5 Å². The minimum absolute atomic E-state index is 0. The van der Waals surface area contributed by atoms with Crippen molar-refractivity contribution >= 4 is 42.5 Å². The van der Waals surface area contributed by atoms with E-state index >= 15 is 0 Å². The molecule has 0 aromatic carbocycles. The summed E-state index contributed by atoms with van der Waals surface area (Å²) >= 11 is 1.56. The van der Waals surface area contributed by atoms with E-state index in [0.29, 0.717) is 24.0 Å². The van der Waals surface area contributed by atoms with Crippen molar-refractivity contribution in [2.45, 2.75) is 43.6 Å². The van der Waals surface area contributed by atoms with Gasteiger partial charge < -0.3 is 20.0 Å². The van der Waals surface area contributed by atoms with Gasteiger partial charge in [-0.05, 0) is 31.4 Å². The number of nitrogens with two attached hydrogens (primary N) is 1. The number of aromatic nitrogens is 2. The Morgan fingerprint density at radius 2 is 2.12 bits per heavy atom. The van der Waals surface area contributed by atoms with E-state index in [4.69, 9.17) is 10.2 Å². The molecule has 26 heavy (non-hydrogen) atoms. The van der Waals surface area contributed by atoms with Crippen LogP contribution in [-0.2, 0) is 12.8 Å². The normalized spacial score (nSPS) is 12.8. The molecular formula is C17H28Cl2N4O2S. The summed E-state index contributed by atoms with van der Waals surface area (Å²) in [6.07, 6.45) is 4.47. The van der Waals surface area contributed by atoms with Crippen molar-refractivity contribution in [3.63, 3.8) is 0 Å². The number of amides is 1. The van der Waals surface area contributed by atoms with E-state index in [1.807, 2.05) is 30.8 Å². The summed E-state index contributed by atoms with van der Waals surface area (Å²) in [5.41, 5.74) is 5.41. The summed E-state index contributed by atoms with van der Waals surface area (Å²) < 4.78 is 7.61. The summed E-state index contributed by atoms with van der Waals surface area (Å²) in [7, 11) is 1.94. The first kappa shape index (κ1) is 24.8. The standard InChI is InChI=1S/C17H26N4O2S.2ClH/c1-12(2)9-17(3,11-18)20-15(22)14-6-5-13(23-14)10-24-16-19-7-8-21(16)4;;/h5-8,12H,9-11,18H2,1-4H3,(H,20,22);2*1H. The Kier molecular flexibility index (Phi) is 10.4. The number of hydrogen-bond donors (Lipinski definition) is 2. The van der Waals surface area contributed by atoms with Crippen LogP contribution < -0.4 is 11.1 Å². The molecule has 0 aliphatic rings. The van der Waals surface area contributed by atoms with Crippen molar-refractivity contribution in [1.29, 1.82) is 0 Å². The summed E-state index contributed by atoms with van der Waals surface area (Å²) in [6, 6.07) is 3.53. The van der Waals surface area contributed by atoms with Gasteiger partial charge in [0.15, 0.2) is 10.9 Å². The molecule has 1 atom stereocenters. The van der Waals surface area contributed by atoms with Crippen molar-refractivity contribution in [2.75, 3.05) is 6.54 Å². The molecule has 1 amide bonds. The summed E-state index contributed by atoms with van der Waals surface area (Å²) in [5, 5.41) is 3.91. The van der Waals surface area contributed by atoms with E-state index in [-0.39, 0.29) is 30.7 Å². The molecular weight excluding hydrogens is 395 g/mol. The van der Waals surface area contributed by atoms with Crippen LogP contribution in [0.25, 0.3) is 0 Å². The van der Waals surface area contributed by atoms with E-state index < -0.39 is 5.54 Å². The van der Waals surface area contributed by atoms with Crippen LogP contribution in [0.2, 0.25) is 0 Å². The van der Waals surface area contributed by atoms with Gasteiger partial charge in [0, 0.05) is 26.0 Å². The zero-order chi connectivity index (χ0) is 17.7. The third-order valence-corrected chi connectivity index (χ3v) is 4.81. The van der Waals surface area contributed by atoms with E-state index in [1.165, 1.54) is 0 Å². The third kappa shape index (κ3) is 6.87. The van der Waals surface area contributed by atoms with Gasteiger partial charge in [-0.3, -0.25) is 4.79 Å². The molecule has 2 rings (SSSR count). The van der Waals surface area contributed by atoms with Crippen molar-refractivity contribution in [1.82, 2.24) is 14.9 Å². The fourth-order valence-corrected chi connectivity index (χ4v) is 3.45. The van der Waals surface area contributed by atoms with Gasteiger partial charge >= 0.3 is 0 Å². The SMILES string of the molecule is CC(C)CC(C)(CN)NC(=O)c1ccc(CSc2nccn2C)o1.Cl.Cl. The highest BCUT2D eigenvalue weighted by Gasteiger charge is 2.27. The van der Waals surface area contributed by atoms with Crippen LogP contribution in [0.3, 0.4) is 0 Å². The summed E-state index contributed by atoms with van der Waals surface area (Å²) in [6.45, 7) is 6.57. The fourth-order valence-electron chi connectivity index (χ4n) is 2.63. The van der Waals surface area contributed by atoms with Crippen LogP contribution in [0.4, 0.5) is 0 Å². The van der Waals surface area contributed by atoms with Crippen LogP contribution in [0, 0.1) is 5.92 Å². The Bertz CT molecular complexity index is 690. The Hall–Kier alpha value is -1.15. The van der Waals surface area contributed by atoms with Crippen molar-refractivity contribution in [3.05, 3.63) is 36.0 Å². The number of carbonyl (C=O) groups excluding carboxylic acids is 1. The molecule has 0 aliphatic carbocycles. The number of furan rings is 1. The lowest BCUT2D eigenvalue weighted by Crippen LogP contribution is -2.52. The second kappa shape index (κ2) is 10.9. The minimum atomic E-state index is -0.431. The van der Waals surface area contributed by atoms with Crippen molar-refractivity contribution in [3.8, 4) is 0 Å². The zero-order valence-electron chi connectivity index (χ0n) is 15.5. The second-order valence-electron chi connectivity index (χ2n) is 6.69. The number of halogens is 2. The molecule has 9 heteroatoms. The van der Waals surface area contributed by atoms with Crippen molar-refractivity contribution < 1.29 is 9.21 Å². The van der Waals surface area contributed by atoms with E-state index in [0.717, 1.165) is 17.3 Å². The fraction of sp³-hybridized carbons (Fsp3) is 0.529. The predicted molar refractivity (Wildman–Crippen MR) is 110 cm³/mol. The highest BCUT2D eigenvalue weighted by Crippen LogP contribution is 2.22. The Balaban J connectivity index is 0.00000312. The average Bonchev–Trinajstić information content (AvgIpc) is 3.13. The lowest BCUT2D eigenvalue weighted by Gasteiger charge is -2.30. The number of carbonyl (C=O) groups is 1. The maximum atomic E-state index is 12.4. The molecule has 0 spiro atoms. The van der Waals surface area contributed by atoms with Gasteiger partial charge in [0.1, 0.15) is 5.76 Å². The monoisotopic (exact) mass is 422 g/mol. The lowest BCUT2D eigenvalue weighted by molar-refractivity contribution is 0.0868. The molecule has 3 N–H and O–H groups in total. The number of nitrogens with zero attached hydrogens (tertiary/aromatic N) is 2. The van der Waals surface area contributed by atoms with Crippen LogP contribution >= 0.6 is 36.6 Å². The number of aryl methyl sites for hydroxylation is 1.